The van der Waals surface area contributed by atoms with Gasteiger partial charge in [-0.05, 0) is 55.5 Å². The van der Waals surface area contributed by atoms with Gasteiger partial charge in [0, 0.05) is 40.5 Å². The quantitative estimate of drug-likeness (QED) is 0.235. The van der Waals surface area contributed by atoms with Gasteiger partial charge in [-0.3, -0.25) is 4.79 Å². The Bertz CT molecular complexity index is 1500. The van der Waals surface area contributed by atoms with E-state index in [-0.39, 0.29) is 11.6 Å². The van der Waals surface area contributed by atoms with Gasteiger partial charge >= 0.3 is 0 Å². The highest BCUT2D eigenvalue weighted by Gasteiger charge is 2.14. The van der Waals surface area contributed by atoms with Crippen molar-refractivity contribution in [1.82, 2.24) is 15.1 Å². The second-order valence-corrected chi connectivity index (χ2v) is 8.17. The largest absolute Gasteiger partial charge is 0.497 e. The monoisotopic (exact) mass is 492 g/mol. The van der Waals surface area contributed by atoms with E-state index in [1.54, 1.807) is 25.3 Å². The Labute approximate surface area is 213 Å². The molecule has 0 atom stereocenters. The van der Waals surface area contributed by atoms with Crippen molar-refractivity contribution in [2.45, 2.75) is 6.92 Å². The molecule has 5 rings (SSSR count). The lowest BCUT2D eigenvalue weighted by atomic mass is 10.1. The molecule has 2 heterocycles. The number of benzene rings is 3. The highest BCUT2D eigenvalue weighted by atomic mass is 16.5. The second-order valence-electron chi connectivity index (χ2n) is 8.17. The molecule has 0 unspecified atom stereocenters. The average molecular weight is 493 g/mol. The number of nitrogens with zero attached hydrogens (tertiary/aromatic N) is 3. The van der Waals surface area contributed by atoms with Crippen LogP contribution in [0.25, 0.3) is 11.3 Å². The lowest BCUT2D eigenvalue weighted by molar-refractivity contribution is 0.101. The summed E-state index contributed by atoms with van der Waals surface area (Å²) in [6, 6.07) is 27.8. The molecule has 184 valence electrons. The molecule has 9 heteroatoms. The van der Waals surface area contributed by atoms with Crippen LogP contribution in [-0.2, 0) is 0 Å². The van der Waals surface area contributed by atoms with Gasteiger partial charge in [-0.15, -0.1) is 0 Å². The van der Waals surface area contributed by atoms with Crippen molar-refractivity contribution < 1.29 is 14.1 Å². The molecule has 0 saturated carbocycles. The summed E-state index contributed by atoms with van der Waals surface area (Å²) in [7, 11) is 1.63. The predicted octanol–water partition coefficient (Wildman–Crippen LogP) is 6.19. The van der Waals surface area contributed by atoms with Gasteiger partial charge in [0.2, 0.25) is 5.95 Å². The molecule has 1 amide bonds. The van der Waals surface area contributed by atoms with Gasteiger partial charge in [0.25, 0.3) is 5.91 Å². The average Bonchev–Trinajstić information content (AvgIpc) is 3.41. The normalized spacial score (nSPS) is 10.5. The summed E-state index contributed by atoms with van der Waals surface area (Å²) in [6.07, 6.45) is 0. The third-order valence-corrected chi connectivity index (χ3v) is 5.42. The second kappa shape index (κ2) is 10.6. The number of hydrogen-bond donors (Lipinski definition) is 3. The number of rotatable bonds is 8. The fourth-order valence-electron chi connectivity index (χ4n) is 3.59. The van der Waals surface area contributed by atoms with Gasteiger partial charge in [-0.2, -0.15) is 4.98 Å². The van der Waals surface area contributed by atoms with Gasteiger partial charge in [-0.25, -0.2) is 4.98 Å². The van der Waals surface area contributed by atoms with Crippen LogP contribution in [0.5, 0.6) is 5.75 Å². The van der Waals surface area contributed by atoms with Crippen LogP contribution in [0.15, 0.2) is 95.5 Å². The summed E-state index contributed by atoms with van der Waals surface area (Å²) < 4.78 is 10.5. The zero-order chi connectivity index (χ0) is 25.6. The number of ether oxygens (including phenoxy) is 1. The van der Waals surface area contributed by atoms with E-state index in [2.05, 4.69) is 31.1 Å². The van der Waals surface area contributed by atoms with E-state index in [0.29, 0.717) is 23.2 Å². The number of aromatic nitrogens is 3. The Kier molecular flexibility index (Phi) is 6.76. The molecule has 0 aliphatic heterocycles. The van der Waals surface area contributed by atoms with Crippen molar-refractivity contribution in [3.05, 3.63) is 102 Å². The maximum absolute atomic E-state index is 12.6. The summed E-state index contributed by atoms with van der Waals surface area (Å²) >= 11 is 0. The van der Waals surface area contributed by atoms with E-state index < -0.39 is 0 Å². The number of amides is 1. The smallest absolute Gasteiger partial charge is 0.277 e. The summed E-state index contributed by atoms with van der Waals surface area (Å²) in [4.78, 5) is 21.6. The SMILES string of the molecule is COc1ccc(Nc2cc(C)nc(Nc3ccc(NC(=O)c4cc(-c5ccccc5)on4)cc3)n2)cc1. The first-order chi connectivity index (χ1) is 18.1. The number of methoxy groups -OCH3 is 1. The number of anilines is 5. The van der Waals surface area contributed by atoms with Crippen LogP contribution in [-0.4, -0.2) is 28.1 Å². The number of aryl methyl sites for hydroxylation is 1. The zero-order valence-corrected chi connectivity index (χ0v) is 20.2. The Morgan fingerprint density at radius 1 is 0.811 bits per heavy atom. The van der Waals surface area contributed by atoms with E-state index in [9.17, 15) is 4.79 Å². The molecule has 0 spiro atoms. The van der Waals surface area contributed by atoms with Crippen molar-refractivity contribution in [2.75, 3.05) is 23.1 Å². The third kappa shape index (κ3) is 5.91. The first-order valence-corrected chi connectivity index (χ1v) is 11.5. The predicted molar refractivity (Wildman–Crippen MR) is 143 cm³/mol. The number of hydrogen-bond acceptors (Lipinski definition) is 8. The van der Waals surface area contributed by atoms with E-state index in [0.717, 1.165) is 28.4 Å². The van der Waals surface area contributed by atoms with Gasteiger partial charge in [0.1, 0.15) is 11.6 Å². The summed E-state index contributed by atoms with van der Waals surface area (Å²) in [5, 5.41) is 13.2. The first kappa shape index (κ1) is 23.6. The number of carbonyl (C=O) groups is 1. The Balaban J connectivity index is 1.22. The maximum Gasteiger partial charge on any atom is 0.277 e. The topological polar surface area (TPSA) is 114 Å². The minimum atomic E-state index is -0.358. The molecule has 0 fully saturated rings. The molecule has 0 saturated heterocycles. The van der Waals surface area contributed by atoms with Crippen LogP contribution >= 0.6 is 0 Å². The first-order valence-electron chi connectivity index (χ1n) is 11.5. The van der Waals surface area contributed by atoms with E-state index in [4.69, 9.17) is 9.26 Å². The minimum Gasteiger partial charge on any atom is -0.497 e. The molecule has 0 radical (unpaired) electrons. The number of nitrogens with one attached hydrogen (secondary N) is 3. The van der Waals surface area contributed by atoms with Gasteiger partial charge < -0.3 is 25.2 Å². The standard InChI is InChI=1S/C28H24N6O3/c1-18-16-26(30-20-12-14-23(36-2)15-13-20)33-28(29-18)32-22-10-8-21(9-11-22)31-27(35)24-17-25(37-34-24)19-6-4-3-5-7-19/h3-17H,1-2H3,(H,31,35)(H2,29,30,32,33). The Morgan fingerprint density at radius 2 is 1.49 bits per heavy atom. The van der Waals surface area contributed by atoms with E-state index in [1.165, 1.54) is 0 Å². The fraction of sp³-hybridized carbons (Fsp3) is 0.0714. The van der Waals surface area contributed by atoms with Crippen molar-refractivity contribution >= 4 is 34.7 Å². The molecule has 37 heavy (non-hydrogen) atoms. The molecule has 3 N–H and O–H groups in total. The molecular weight excluding hydrogens is 468 g/mol. The van der Waals surface area contributed by atoms with Crippen molar-refractivity contribution in [3.8, 4) is 17.1 Å². The molecular formula is C28H24N6O3. The highest BCUT2D eigenvalue weighted by Crippen LogP contribution is 2.23. The highest BCUT2D eigenvalue weighted by molar-refractivity contribution is 6.03. The molecule has 9 nitrogen and oxygen atoms in total. The fourth-order valence-corrected chi connectivity index (χ4v) is 3.59. The van der Waals surface area contributed by atoms with Gasteiger partial charge in [-0.1, -0.05) is 35.5 Å². The van der Waals surface area contributed by atoms with Crippen molar-refractivity contribution in [1.29, 1.82) is 0 Å². The van der Waals surface area contributed by atoms with Crippen LogP contribution in [0.3, 0.4) is 0 Å². The summed E-state index contributed by atoms with van der Waals surface area (Å²) in [6.45, 7) is 1.90. The van der Waals surface area contributed by atoms with Crippen LogP contribution in [0.4, 0.5) is 28.8 Å². The molecule has 3 aromatic carbocycles. The van der Waals surface area contributed by atoms with Crippen LogP contribution in [0.1, 0.15) is 16.2 Å². The van der Waals surface area contributed by atoms with Crippen LogP contribution < -0.4 is 20.7 Å². The lowest BCUT2D eigenvalue weighted by Gasteiger charge is -2.11. The molecule has 5 aromatic rings. The molecule has 0 bridgehead atoms. The van der Waals surface area contributed by atoms with Gasteiger partial charge in [0.05, 0.1) is 7.11 Å². The summed E-state index contributed by atoms with van der Waals surface area (Å²) in [5.74, 6) is 2.06. The molecule has 2 aromatic heterocycles. The third-order valence-electron chi connectivity index (χ3n) is 5.42. The zero-order valence-electron chi connectivity index (χ0n) is 20.2. The van der Waals surface area contributed by atoms with E-state index in [1.807, 2.05) is 79.7 Å². The summed E-state index contributed by atoms with van der Waals surface area (Å²) in [5.41, 5.74) is 4.13. The van der Waals surface area contributed by atoms with Crippen LogP contribution in [0.2, 0.25) is 0 Å². The maximum atomic E-state index is 12.6. The van der Waals surface area contributed by atoms with E-state index >= 15 is 0 Å². The lowest BCUT2D eigenvalue weighted by Crippen LogP contribution is -2.12. The molecule has 0 aliphatic carbocycles. The van der Waals surface area contributed by atoms with Crippen molar-refractivity contribution in [2.24, 2.45) is 0 Å². The minimum absolute atomic E-state index is 0.200. The van der Waals surface area contributed by atoms with Crippen LogP contribution in [0, 0.1) is 6.92 Å². The Morgan fingerprint density at radius 3 is 2.22 bits per heavy atom. The van der Waals surface area contributed by atoms with Gasteiger partial charge in [0.15, 0.2) is 11.5 Å². The molecule has 0 aliphatic rings. The Hall–Kier alpha value is -5.18. The van der Waals surface area contributed by atoms with Crippen molar-refractivity contribution in [3.63, 3.8) is 0 Å². The number of carbonyl (C=O) groups excluding carboxylic acids is 1.